The van der Waals surface area contributed by atoms with Gasteiger partial charge in [0, 0.05) is 31.4 Å². The Hall–Kier alpha value is -2.90. The van der Waals surface area contributed by atoms with Crippen molar-refractivity contribution in [2.24, 2.45) is 5.41 Å². The molecule has 2 amide bonds. The number of aryl methyl sites for hydroxylation is 1. The monoisotopic (exact) mass is 405 g/mol. The van der Waals surface area contributed by atoms with Crippen LogP contribution in [0.1, 0.15) is 44.9 Å². The maximum Gasteiger partial charge on any atom is 0.227 e. The number of hydrogen-bond acceptors (Lipinski definition) is 3. The predicted molar refractivity (Wildman–Crippen MR) is 103 cm³/mol. The number of hydrogen-bond donors (Lipinski definition) is 1. The highest BCUT2D eigenvalue weighted by molar-refractivity contribution is 5.96. The van der Waals surface area contributed by atoms with E-state index in [4.69, 9.17) is 0 Å². The smallest absolute Gasteiger partial charge is 0.227 e. The van der Waals surface area contributed by atoms with E-state index >= 15 is 0 Å². The number of carbonyl (C=O) groups is 2. The van der Waals surface area contributed by atoms with E-state index in [0.29, 0.717) is 5.69 Å². The first-order valence-electron chi connectivity index (χ1n) is 9.26. The lowest BCUT2D eigenvalue weighted by molar-refractivity contribution is -0.119. The Morgan fingerprint density at radius 1 is 1.10 bits per heavy atom. The Bertz CT molecular complexity index is 950. The van der Waals surface area contributed by atoms with Crippen molar-refractivity contribution < 1.29 is 22.8 Å². The highest BCUT2D eigenvalue weighted by Crippen LogP contribution is 2.31. The van der Waals surface area contributed by atoms with Gasteiger partial charge in [0.05, 0.1) is 17.9 Å². The van der Waals surface area contributed by atoms with Crippen molar-refractivity contribution in [3.63, 3.8) is 0 Å². The largest absolute Gasteiger partial charge is 0.308 e. The Labute approximate surface area is 166 Å². The fourth-order valence-corrected chi connectivity index (χ4v) is 3.23. The first-order chi connectivity index (χ1) is 13.5. The highest BCUT2D eigenvalue weighted by Gasteiger charge is 2.28. The minimum absolute atomic E-state index is 0.114. The van der Waals surface area contributed by atoms with Gasteiger partial charge in [0.2, 0.25) is 11.8 Å². The summed E-state index contributed by atoms with van der Waals surface area (Å²) in [4.78, 5) is 29.9. The first-order valence-corrected chi connectivity index (χ1v) is 9.26. The number of nitrogens with zero attached hydrogens (tertiary/aromatic N) is 2. The third-order valence-electron chi connectivity index (χ3n) is 4.41. The summed E-state index contributed by atoms with van der Waals surface area (Å²) in [6.07, 6.45) is 0.602. The van der Waals surface area contributed by atoms with Crippen LogP contribution in [0.5, 0.6) is 0 Å². The van der Waals surface area contributed by atoms with Crippen molar-refractivity contribution in [3.05, 3.63) is 53.0 Å². The summed E-state index contributed by atoms with van der Waals surface area (Å²) in [5, 5.41) is 2.48. The van der Waals surface area contributed by atoms with E-state index < -0.39 is 17.5 Å². The van der Waals surface area contributed by atoms with Crippen LogP contribution in [-0.4, -0.2) is 16.8 Å². The van der Waals surface area contributed by atoms with Crippen LogP contribution >= 0.6 is 0 Å². The van der Waals surface area contributed by atoms with E-state index in [2.05, 4.69) is 10.3 Å². The van der Waals surface area contributed by atoms with E-state index in [1.165, 1.54) is 4.90 Å². The molecular weight excluding hydrogens is 383 g/mol. The number of nitrogens with one attached hydrogen (secondary N) is 1. The van der Waals surface area contributed by atoms with E-state index in [-0.39, 0.29) is 60.1 Å². The van der Waals surface area contributed by atoms with Crippen LogP contribution in [0, 0.1) is 22.9 Å². The van der Waals surface area contributed by atoms with Crippen LogP contribution in [0.15, 0.2) is 24.3 Å². The number of rotatable bonds is 4. The maximum absolute atomic E-state index is 14.6. The Kier molecular flexibility index (Phi) is 5.64. The lowest BCUT2D eigenvalue weighted by Crippen LogP contribution is -2.35. The van der Waals surface area contributed by atoms with Crippen molar-refractivity contribution in [1.82, 2.24) is 4.98 Å². The summed E-state index contributed by atoms with van der Waals surface area (Å²) < 4.78 is 41.6. The molecule has 3 rings (SSSR count). The second kappa shape index (κ2) is 7.85. The normalized spacial score (nSPS) is 14.0. The number of anilines is 2. The maximum atomic E-state index is 14.6. The van der Waals surface area contributed by atoms with Gasteiger partial charge in [-0.1, -0.05) is 20.8 Å². The summed E-state index contributed by atoms with van der Waals surface area (Å²) in [5.41, 5.74) is 0.649. The molecule has 154 valence electrons. The quantitative estimate of drug-likeness (QED) is 0.823. The lowest BCUT2D eigenvalue weighted by Gasteiger charge is -2.29. The Morgan fingerprint density at radius 3 is 2.38 bits per heavy atom. The second-order valence-electron chi connectivity index (χ2n) is 8.33. The number of carbonyl (C=O) groups excluding carboxylic acids is 2. The Morgan fingerprint density at radius 2 is 1.76 bits per heavy atom. The number of benzene rings is 1. The Balaban J connectivity index is 1.88. The van der Waals surface area contributed by atoms with Crippen LogP contribution in [0.4, 0.5) is 24.7 Å². The van der Waals surface area contributed by atoms with Crippen molar-refractivity contribution in [2.75, 3.05) is 10.2 Å². The molecule has 1 N–H and O–H groups in total. The fraction of sp³-hybridized carbons (Fsp3) is 0.381. The molecule has 0 unspecified atom stereocenters. The molecule has 0 radical (unpaired) electrons. The number of amides is 2. The highest BCUT2D eigenvalue weighted by atomic mass is 19.1. The molecule has 8 heteroatoms. The van der Waals surface area contributed by atoms with Gasteiger partial charge in [-0.25, -0.2) is 18.2 Å². The van der Waals surface area contributed by atoms with Crippen LogP contribution in [0.25, 0.3) is 0 Å². The van der Waals surface area contributed by atoms with E-state index in [1.807, 2.05) is 20.8 Å². The molecule has 5 nitrogen and oxygen atoms in total. The minimum atomic E-state index is -0.781. The number of halogens is 3. The van der Waals surface area contributed by atoms with E-state index in [0.717, 1.165) is 24.3 Å². The molecule has 0 saturated heterocycles. The van der Waals surface area contributed by atoms with Crippen molar-refractivity contribution >= 4 is 23.3 Å². The third kappa shape index (κ3) is 5.13. The molecule has 29 heavy (non-hydrogen) atoms. The molecule has 0 spiro atoms. The van der Waals surface area contributed by atoms with Gasteiger partial charge in [0.25, 0.3) is 0 Å². The summed E-state index contributed by atoms with van der Waals surface area (Å²) in [6.45, 7) is 5.56. The van der Waals surface area contributed by atoms with Crippen LogP contribution in [0.2, 0.25) is 0 Å². The average Bonchev–Trinajstić information content (AvgIpc) is 2.56. The molecule has 2 aromatic rings. The summed E-state index contributed by atoms with van der Waals surface area (Å²) in [7, 11) is 0. The van der Waals surface area contributed by atoms with E-state index in [1.54, 1.807) is 0 Å². The van der Waals surface area contributed by atoms with Gasteiger partial charge in [0.15, 0.2) is 11.6 Å². The molecule has 1 aliphatic rings. The van der Waals surface area contributed by atoms with Crippen molar-refractivity contribution in [2.45, 2.75) is 46.6 Å². The van der Waals surface area contributed by atoms with Gasteiger partial charge in [-0.05, 0) is 23.1 Å². The standard InChI is InChI=1S/C21H22F3N3O2/c1-21(2,3)10-18(28)26-20-15(24)9-17-16(25-20)4-5-19(29)27(17)11-12-6-13(22)8-14(23)7-12/h6-9H,4-5,10-11H2,1-3H3,(H,25,26,28). The molecular formula is C21H22F3N3O2. The number of fused-ring (bicyclic) bond motifs is 1. The summed E-state index contributed by atoms with van der Waals surface area (Å²) in [6, 6.07) is 4.11. The van der Waals surface area contributed by atoms with Crippen LogP contribution in [0.3, 0.4) is 0 Å². The molecule has 0 saturated carbocycles. The zero-order valence-electron chi connectivity index (χ0n) is 16.5. The summed E-state index contributed by atoms with van der Waals surface area (Å²) in [5.74, 6) is -3.15. The molecule has 2 heterocycles. The van der Waals surface area contributed by atoms with Gasteiger partial charge in [-0.15, -0.1) is 0 Å². The average molecular weight is 405 g/mol. The van der Waals surface area contributed by atoms with Crippen molar-refractivity contribution in [3.8, 4) is 0 Å². The molecule has 1 aromatic heterocycles. The molecule has 1 aliphatic heterocycles. The zero-order valence-corrected chi connectivity index (χ0v) is 16.5. The third-order valence-corrected chi connectivity index (χ3v) is 4.41. The fourth-order valence-electron chi connectivity index (χ4n) is 3.23. The summed E-state index contributed by atoms with van der Waals surface area (Å²) >= 11 is 0. The van der Waals surface area contributed by atoms with Gasteiger partial charge in [-0.3, -0.25) is 9.59 Å². The molecule has 0 fully saturated rings. The predicted octanol–water partition coefficient (Wildman–Crippen LogP) is 4.35. The van der Waals surface area contributed by atoms with Gasteiger partial charge in [-0.2, -0.15) is 0 Å². The SMILES string of the molecule is CC(C)(C)CC(=O)Nc1nc2c(cc1F)N(Cc1cc(F)cc(F)c1)C(=O)CC2. The molecule has 0 atom stereocenters. The van der Waals surface area contributed by atoms with E-state index in [9.17, 15) is 22.8 Å². The second-order valence-corrected chi connectivity index (χ2v) is 8.33. The molecule has 0 aliphatic carbocycles. The lowest BCUT2D eigenvalue weighted by atomic mass is 9.92. The molecule has 0 bridgehead atoms. The molecule has 1 aromatic carbocycles. The van der Waals surface area contributed by atoms with Gasteiger partial charge < -0.3 is 10.2 Å². The van der Waals surface area contributed by atoms with Gasteiger partial charge >= 0.3 is 0 Å². The van der Waals surface area contributed by atoms with Gasteiger partial charge in [0.1, 0.15) is 11.6 Å². The number of aromatic nitrogens is 1. The minimum Gasteiger partial charge on any atom is -0.308 e. The van der Waals surface area contributed by atoms with Crippen molar-refractivity contribution in [1.29, 1.82) is 0 Å². The first kappa shape index (κ1) is 20.8. The topological polar surface area (TPSA) is 62.3 Å². The van der Waals surface area contributed by atoms with Crippen LogP contribution in [-0.2, 0) is 22.6 Å². The number of pyridine rings is 1. The zero-order chi connectivity index (χ0) is 21.3. The van der Waals surface area contributed by atoms with Crippen LogP contribution < -0.4 is 10.2 Å².